The largest absolute Gasteiger partial charge is 0.464 e. The first kappa shape index (κ1) is 12.9. The van der Waals surface area contributed by atoms with E-state index in [4.69, 9.17) is 4.74 Å². The highest BCUT2D eigenvalue weighted by atomic mass is 16.6. The minimum atomic E-state index is -0.241. The summed E-state index contributed by atoms with van der Waals surface area (Å²) in [6.45, 7) is 6.80. The lowest BCUT2D eigenvalue weighted by Crippen LogP contribution is -2.13. The fourth-order valence-electron chi connectivity index (χ4n) is 0.801. The highest BCUT2D eigenvalue weighted by Crippen LogP contribution is 2.20. The first-order valence-electron chi connectivity index (χ1n) is 4.66. The Bertz CT molecular complexity index is 181. The maximum absolute atomic E-state index is 11.1. The van der Waals surface area contributed by atoms with E-state index in [9.17, 15) is 9.59 Å². The third kappa shape index (κ3) is 9.03. The second-order valence-electron chi connectivity index (χ2n) is 4.25. The van der Waals surface area contributed by atoms with Gasteiger partial charge in [-0.15, -0.1) is 0 Å². The zero-order valence-electron chi connectivity index (χ0n) is 9.04. The van der Waals surface area contributed by atoms with Crippen molar-refractivity contribution < 1.29 is 19.1 Å². The minimum Gasteiger partial charge on any atom is -0.464 e. The molecule has 0 fully saturated rings. The third-order valence-electron chi connectivity index (χ3n) is 1.61. The Labute approximate surface area is 84.6 Å². The fraction of sp³-hybridized carbons (Fsp3) is 0.800. The van der Waals surface area contributed by atoms with Crippen LogP contribution in [0.1, 0.15) is 33.6 Å². The molecule has 0 aliphatic heterocycles. The topological polar surface area (TPSA) is 52.6 Å². The molecule has 82 valence electrons. The molecule has 0 aliphatic carbocycles. The van der Waals surface area contributed by atoms with Crippen molar-refractivity contribution >= 4 is 12.4 Å². The predicted molar refractivity (Wildman–Crippen MR) is 51.7 cm³/mol. The molecule has 0 amide bonds. The lowest BCUT2D eigenvalue weighted by molar-refractivity contribution is -0.147. The van der Waals surface area contributed by atoms with E-state index in [0.29, 0.717) is 12.9 Å². The smallest absolute Gasteiger partial charge is 0.305 e. The molecule has 0 N–H and O–H groups in total. The lowest BCUT2D eigenvalue weighted by Gasteiger charge is -2.16. The molecule has 0 radical (unpaired) electrons. The van der Waals surface area contributed by atoms with Gasteiger partial charge in [-0.2, -0.15) is 0 Å². The van der Waals surface area contributed by atoms with Gasteiger partial charge < -0.3 is 9.47 Å². The van der Waals surface area contributed by atoms with Gasteiger partial charge in [-0.3, -0.25) is 9.59 Å². The second kappa shape index (κ2) is 6.40. The number of ether oxygens (including phenoxy) is 2. The summed E-state index contributed by atoms with van der Waals surface area (Å²) in [7, 11) is 0. The Kier molecular flexibility index (Phi) is 5.92. The molecule has 0 atom stereocenters. The van der Waals surface area contributed by atoms with Crippen LogP contribution in [0.4, 0.5) is 0 Å². The van der Waals surface area contributed by atoms with Crippen LogP contribution in [0.3, 0.4) is 0 Å². The van der Waals surface area contributed by atoms with Gasteiger partial charge in [0.2, 0.25) is 0 Å². The molecule has 0 aromatic heterocycles. The molecule has 4 nitrogen and oxygen atoms in total. The van der Waals surface area contributed by atoms with Crippen LogP contribution >= 0.6 is 0 Å². The molecule has 0 heterocycles. The van der Waals surface area contributed by atoms with Crippen LogP contribution in [0.2, 0.25) is 0 Å². The van der Waals surface area contributed by atoms with Crippen molar-refractivity contribution in [3.05, 3.63) is 0 Å². The van der Waals surface area contributed by atoms with E-state index in [1.165, 1.54) is 0 Å². The molecule has 14 heavy (non-hydrogen) atoms. The van der Waals surface area contributed by atoms with Gasteiger partial charge in [0.1, 0.15) is 13.2 Å². The molecule has 0 aliphatic rings. The van der Waals surface area contributed by atoms with Crippen molar-refractivity contribution in [1.82, 2.24) is 0 Å². The third-order valence-corrected chi connectivity index (χ3v) is 1.61. The summed E-state index contributed by atoms with van der Waals surface area (Å²) < 4.78 is 9.19. The average Bonchev–Trinajstić information content (AvgIpc) is 2.08. The summed E-state index contributed by atoms with van der Waals surface area (Å²) in [5, 5.41) is 0. The number of rotatable bonds is 6. The highest BCUT2D eigenvalue weighted by Gasteiger charge is 2.13. The summed E-state index contributed by atoms with van der Waals surface area (Å²) in [4.78, 5) is 20.8. The molecular weight excluding hydrogens is 184 g/mol. The molecule has 0 aromatic rings. The summed E-state index contributed by atoms with van der Waals surface area (Å²) >= 11 is 0. The van der Waals surface area contributed by atoms with Crippen molar-refractivity contribution in [3.63, 3.8) is 0 Å². The molecule has 0 saturated carbocycles. The minimum absolute atomic E-state index is 0.130. The van der Waals surface area contributed by atoms with E-state index in [2.05, 4.69) is 25.5 Å². The van der Waals surface area contributed by atoms with E-state index in [-0.39, 0.29) is 24.6 Å². The van der Waals surface area contributed by atoms with Gasteiger partial charge in [0.15, 0.2) is 0 Å². The Balaban J connectivity index is 3.42. The normalized spacial score (nSPS) is 10.8. The molecule has 4 heteroatoms. The average molecular weight is 202 g/mol. The van der Waals surface area contributed by atoms with Gasteiger partial charge in [0.05, 0.1) is 0 Å². The highest BCUT2D eigenvalue weighted by molar-refractivity contribution is 5.69. The summed E-state index contributed by atoms with van der Waals surface area (Å²) in [6, 6.07) is 0. The molecular formula is C10H18O4. The Morgan fingerprint density at radius 2 is 1.93 bits per heavy atom. The van der Waals surface area contributed by atoms with Gasteiger partial charge in [0.25, 0.3) is 6.47 Å². The SMILES string of the molecule is CC(C)(C)CCC(=O)OCCOC=O. The van der Waals surface area contributed by atoms with Gasteiger partial charge >= 0.3 is 5.97 Å². The first-order chi connectivity index (χ1) is 6.45. The van der Waals surface area contributed by atoms with Crippen LogP contribution in [0, 0.1) is 5.41 Å². The number of esters is 1. The van der Waals surface area contributed by atoms with Crippen LogP contribution in [0.5, 0.6) is 0 Å². The Hall–Kier alpha value is -1.06. The number of carbonyl (C=O) groups is 2. The van der Waals surface area contributed by atoms with Crippen LogP contribution in [-0.2, 0) is 19.1 Å². The van der Waals surface area contributed by atoms with E-state index >= 15 is 0 Å². The maximum Gasteiger partial charge on any atom is 0.305 e. The van der Waals surface area contributed by atoms with E-state index in [1.807, 2.05) is 0 Å². The lowest BCUT2D eigenvalue weighted by atomic mass is 9.91. The summed E-state index contributed by atoms with van der Waals surface area (Å²) in [6.07, 6.45) is 1.20. The van der Waals surface area contributed by atoms with Gasteiger partial charge in [0, 0.05) is 6.42 Å². The molecule has 0 bridgehead atoms. The zero-order chi connectivity index (χ0) is 11.0. The zero-order valence-corrected chi connectivity index (χ0v) is 9.04. The van der Waals surface area contributed by atoms with Crippen molar-refractivity contribution in [2.75, 3.05) is 13.2 Å². The van der Waals surface area contributed by atoms with Crippen molar-refractivity contribution in [3.8, 4) is 0 Å². The quantitative estimate of drug-likeness (QED) is 0.372. The molecule has 0 spiro atoms. The number of hydrogen-bond acceptors (Lipinski definition) is 4. The van der Waals surface area contributed by atoms with Crippen molar-refractivity contribution in [2.24, 2.45) is 5.41 Å². The first-order valence-corrected chi connectivity index (χ1v) is 4.66. The van der Waals surface area contributed by atoms with Gasteiger partial charge in [-0.25, -0.2) is 0 Å². The Morgan fingerprint density at radius 1 is 1.29 bits per heavy atom. The Morgan fingerprint density at radius 3 is 2.43 bits per heavy atom. The van der Waals surface area contributed by atoms with Crippen LogP contribution in [0.25, 0.3) is 0 Å². The maximum atomic E-state index is 11.1. The van der Waals surface area contributed by atoms with E-state index in [1.54, 1.807) is 0 Å². The predicted octanol–water partition coefficient (Wildman–Crippen LogP) is 1.53. The van der Waals surface area contributed by atoms with Gasteiger partial charge in [-0.1, -0.05) is 20.8 Å². The molecule has 0 unspecified atom stereocenters. The molecule has 0 saturated heterocycles. The monoisotopic (exact) mass is 202 g/mol. The van der Waals surface area contributed by atoms with Crippen LogP contribution < -0.4 is 0 Å². The second-order valence-corrected chi connectivity index (χ2v) is 4.25. The molecule has 0 aromatic carbocycles. The number of carbonyl (C=O) groups excluding carboxylic acids is 2. The van der Waals surface area contributed by atoms with Crippen LogP contribution in [-0.4, -0.2) is 25.7 Å². The van der Waals surface area contributed by atoms with Gasteiger partial charge in [-0.05, 0) is 11.8 Å². The standard InChI is InChI=1S/C10H18O4/c1-10(2,3)5-4-9(12)14-7-6-13-8-11/h8H,4-7H2,1-3H3. The van der Waals surface area contributed by atoms with E-state index < -0.39 is 0 Å². The van der Waals surface area contributed by atoms with Crippen LogP contribution in [0.15, 0.2) is 0 Å². The summed E-state index contributed by atoms with van der Waals surface area (Å²) in [5.74, 6) is -0.241. The van der Waals surface area contributed by atoms with Crippen molar-refractivity contribution in [2.45, 2.75) is 33.6 Å². The number of hydrogen-bond donors (Lipinski definition) is 0. The fourth-order valence-corrected chi connectivity index (χ4v) is 0.801. The molecule has 0 rings (SSSR count). The van der Waals surface area contributed by atoms with Crippen molar-refractivity contribution in [1.29, 1.82) is 0 Å². The van der Waals surface area contributed by atoms with E-state index in [0.717, 1.165) is 6.42 Å². The summed E-state index contributed by atoms with van der Waals surface area (Å²) in [5.41, 5.74) is 0.137.